The van der Waals surface area contributed by atoms with Crippen LogP contribution in [0.5, 0.6) is 0 Å². The van der Waals surface area contributed by atoms with Gasteiger partial charge in [-0.2, -0.15) is 0 Å². The van der Waals surface area contributed by atoms with E-state index in [1.807, 2.05) is 0 Å². The Bertz CT molecular complexity index is 178. The van der Waals surface area contributed by atoms with E-state index < -0.39 is 5.79 Å². The van der Waals surface area contributed by atoms with Gasteiger partial charge >= 0.3 is 0 Å². The Morgan fingerprint density at radius 2 is 1.91 bits per heavy atom. The van der Waals surface area contributed by atoms with Gasteiger partial charge in [0.25, 0.3) is 0 Å². The molecule has 1 aliphatic carbocycles. The molecule has 0 unspecified atom stereocenters. The quantitative estimate of drug-likeness (QED) is 0.557. The van der Waals surface area contributed by atoms with Crippen LogP contribution in [0, 0.1) is 5.92 Å². The molecule has 0 radical (unpaired) electrons. The van der Waals surface area contributed by atoms with Gasteiger partial charge in [0, 0.05) is 18.8 Å². The summed E-state index contributed by atoms with van der Waals surface area (Å²) in [6.45, 7) is 1.28. The Balaban J connectivity index is 1.91. The molecule has 62 valence electrons. The monoisotopic (exact) mass is 176 g/mol. The van der Waals surface area contributed by atoms with Crippen molar-refractivity contribution < 1.29 is 14.3 Å². The van der Waals surface area contributed by atoms with Gasteiger partial charge in [0.15, 0.2) is 5.79 Å². The van der Waals surface area contributed by atoms with E-state index in [-0.39, 0.29) is 11.2 Å². The lowest BCUT2D eigenvalue weighted by Crippen LogP contribution is -2.46. The second kappa shape index (κ2) is 2.44. The largest absolute Gasteiger partial charge is 0.347 e. The zero-order chi connectivity index (χ0) is 7.90. The first-order valence-corrected chi connectivity index (χ1v) is 4.07. The lowest BCUT2D eigenvalue weighted by atomic mass is 9.80. The van der Waals surface area contributed by atoms with E-state index in [0.717, 1.165) is 0 Å². The molecule has 4 heteroatoms. The van der Waals surface area contributed by atoms with Gasteiger partial charge in [-0.25, -0.2) is 0 Å². The molecule has 0 N–H and O–H groups in total. The van der Waals surface area contributed by atoms with Crippen LogP contribution in [-0.2, 0) is 14.3 Å². The molecule has 2 fully saturated rings. The van der Waals surface area contributed by atoms with Crippen LogP contribution in [0.4, 0.5) is 0 Å². The molecule has 1 saturated carbocycles. The first-order chi connectivity index (χ1) is 5.22. The number of ether oxygens (including phenoxy) is 2. The van der Waals surface area contributed by atoms with Crippen LogP contribution in [0.15, 0.2) is 0 Å². The summed E-state index contributed by atoms with van der Waals surface area (Å²) < 4.78 is 10.6. The van der Waals surface area contributed by atoms with Gasteiger partial charge in [0.1, 0.15) is 0 Å². The van der Waals surface area contributed by atoms with E-state index in [9.17, 15) is 4.79 Å². The van der Waals surface area contributed by atoms with Gasteiger partial charge in [0.05, 0.1) is 13.2 Å². The van der Waals surface area contributed by atoms with E-state index >= 15 is 0 Å². The molecular formula is C7H9ClO3. The van der Waals surface area contributed by atoms with Crippen LogP contribution in [0.25, 0.3) is 0 Å². The summed E-state index contributed by atoms with van der Waals surface area (Å²) >= 11 is 5.29. The maximum Gasteiger partial charge on any atom is 0.225 e. The van der Waals surface area contributed by atoms with Crippen molar-refractivity contribution in [2.45, 2.75) is 18.6 Å². The van der Waals surface area contributed by atoms with Gasteiger partial charge in [-0.05, 0) is 11.6 Å². The Morgan fingerprint density at radius 3 is 2.36 bits per heavy atom. The van der Waals surface area contributed by atoms with Gasteiger partial charge < -0.3 is 9.47 Å². The minimum Gasteiger partial charge on any atom is -0.347 e. The summed E-state index contributed by atoms with van der Waals surface area (Å²) in [5, 5.41) is -0.269. The topological polar surface area (TPSA) is 35.5 Å². The highest BCUT2D eigenvalue weighted by molar-refractivity contribution is 6.64. The molecule has 2 aliphatic rings. The van der Waals surface area contributed by atoms with Gasteiger partial charge in [-0.1, -0.05) is 0 Å². The predicted octanol–water partition coefficient (Wildman–Crippen LogP) is 0.905. The van der Waals surface area contributed by atoms with Crippen molar-refractivity contribution in [3.05, 3.63) is 0 Å². The van der Waals surface area contributed by atoms with Crippen molar-refractivity contribution in [1.82, 2.24) is 0 Å². The van der Waals surface area contributed by atoms with E-state index in [2.05, 4.69) is 0 Å². The lowest BCUT2D eigenvalue weighted by Gasteiger charge is -2.40. The highest BCUT2D eigenvalue weighted by Crippen LogP contribution is 2.44. The number of hydrogen-bond acceptors (Lipinski definition) is 3. The highest BCUT2D eigenvalue weighted by atomic mass is 35.5. The van der Waals surface area contributed by atoms with E-state index in [1.165, 1.54) is 0 Å². The standard InChI is InChI=1S/C7H9ClO3/c8-6(9)5-3-7(4-5)10-1-2-11-7/h5H,1-4H2. The van der Waals surface area contributed by atoms with Crippen LogP contribution in [0.3, 0.4) is 0 Å². The van der Waals surface area contributed by atoms with Gasteiger partial charge in [-0.3, -0.25) is 4.79 Å². The lowest BCUT2D eigenvalue weighted by molar-refractivity contribution is -0.226. The average molecular weight is 177 g/mol. The minimum absolute atomic E-state index is 0.0465. The summed E-state index contributed by atoms with van der Waals surface area (Å²) in [4.78, 5) is 10.6. The molecule has 1 heterocycles. The molecule has 3 nitrogen and oxygen atoms in total. The first kappa shape index (κ1) is 7.53. The second-order valence-corrected chi connectivity index (χ2v) is 3.39. The van der Waals surface area contributed by atoms with Crippen molar-refractivity contribution in [2.24, 2.45) is 5.92 Å². The number of hydrogen-bond donors (Lipinski definition) is 0. The molecule has 0 bridgehead atoms. The van der Waals surface area contributed by atoms with E-state index in [0.29, 0.717) is 26.1 Å². The molecule has 1 saturated heterocycles. The summed E-state index contributed by atoms with van der Waals surface area (Å²) in [7, 11) is 0. The van der Waals surface area contributed by atoms with Crippen molar-refractivity contribution in [1.29, 1.82) is 0 Å². The molecule has 0 aromatic rings. The maximum absolute atomic E-state index is 10.6. The van der Waals surface area contributed by atoms with E-state index in [4.69, 9.17) is 21.1 Å². The smallest absolute Gasteiger partial charge is 0.225 e. The molecule has 0 atom stereocenters. The molecule has 2 rings (SSSR count). The number of halogens is 1. The van der Waals surface area contributed by atoms with Crippen LogP contribution in [0.2, 0.25) is 0 Å². The SMILES string of the molecule is O=C(Cl)C1CC2(C1)OCCO2. The number of rotatable bonds is 1. The Hall–Kier alpha value is -0.120. The first-order valence-electron chi connectivity index (χ1n) is 3.69. The molecule has 11 heavy (non-hydrogen) atoms. The Kier molecular flexibility index (Phi) is 1.67. The third-order valence-corrected chi connectivity index (χ3v) is 2.56. The minimum atomic E-state index is -0.435. The van der Waals surface area contributed by atoms with Crippen molar-refractivity contribution in [2.75, 3.05) is 13.2 Å². The fraction of sp³-hybridized carbons (Fsp3) is 0.857. The van der Waals surface area contributed by atoms with Crippen molar-refractivity contribution >= 4 is 16.8 Å². The van der Waals surface area contributed by atoms with Crippen LogP contribution < -0.4 is 0 Å². The fourth-order valence-electron chi connectivity index (χ4n) is 1.58. The third kappa shape index (κ3) is 1.17. The van der Waals surface area contributed by atoms with Gasteiger partial charge in [-0.15, -0.1) is 0 Å². The summed E-state index contributed by atoms with van der Waals surface area (Å²) in [5.74, 6) is -0.482. The number of carbonyl (C=O) groups is 1. The zero-order valence-electron chi connectivity index (χ0n) is 6.01. The third-order valence-electron chi connectivity index (χ3n) is 2.25. The zero-order valence-corrected chi connectivity index (χ0v) is 6.76. The Labute approximate surface area is 69.6 Å². The Morgan fingerprint density at radius 1 is 1.36 bits per heavy atom. The molecule has 0 aromatic carbocycles. The predicted molar refractivity (Wildman–Crippen MR) is 38.2 cm³/mol. The molecule has 0 amide bonds. The molecule has 0 aromatic heterocycles. The molecular weight excluding hydrogens is 168 g/mol. The molecule has 1 aliphatic heterocycles. The fourth-order valence-corrected chi connectivity index (χ4v) is 1.74. The molecule has 1 spiro atoms. The maximum atomic E-state index is 10.6. The highest BCUT2D eigenvalue weighted by Gasteiger charge is 2.51. The van der Waals surface area contributed by atoms with Crippen LogP contribution >= 0.6 is 11.6 Å². The average Bonchev–Trinajstić information content (AvgIpc) is 2.29. The number of carbonyl (C=O) groups excluding carboxylic acids is 1. The second-order valence-electron chi connectivity index (χ2n) is 3.02. The van der Waals surface area contributed by atoms with Crippen molar-refractivity contribution in [3.8, 4) is 0 Å². The summed E-state index contributed by atoms with van der Waals surface area (Å²) in [5.41, 5.74) is 0. The van der Waals surface area contributed by atoms with Crippen LogP contribution in [-0.4, -0.2) is 24.2 Å². The summed E-state index contributed by atoms with van der Waals surface area (Å²) in [6, 6.07) is 0. The summed E-state index contributed by atoms with van der Waals surface area (Å²) in [6.07, 6.45) is 1.27. The van der Waals surface area contributed by atoms with Crippen LogP contribution in [0.1, 0.15) is 12.8 Å². The normalized spacial score (nSPS) is 28.8. The van der Waals surface area contributed by atoms with Crippen molar-refractivity contribution in [3.63, 3.8) is 0 Å². The van der Waals surface area contributed by atoms with E-state index in [1.54, 1.807) is 0 Å². The van der Waals surface area contributed by atoms with Gasteiger partial charge in [0.2, 0.25) is 5.24 Å².